The standard InChI is InChI=1S/C29H39NO9.C5H6O4/c1-27(2,33)8-5-10-29(34,16-23(31)36-4)26(32)39-25-22(35-3)15-28-9-6-11-30(28)12-7-18-13-20-21(38-17-37-20)14-19(18)24(25)28;1-3(5(8)9)2-4(6)7/h13-15,24-25,33-34H,5-12,16-17H2,1-4H3;1-2H2,(H,6,7)(H,8,9)/t24-,25-,28+,29+;/m1./s1. The Kier molecular flexibility index (Phi) is 11.1. The molecule has 1 unspecified atom stereocenters. The zero-order chi connectivity index (χ0) is 35.4. The molecule has 1 aromatic carbocycles. The Balaban J connectivity index is 0.000000508. The second-order valence-electron chi connectivity index (χ2n) is 13.4. The number of ether oxygens (including phenoxy) is 5. The second kappa shape index (κ2) is 14.5. The fourth-order valence-corrected chi connectivity index (χ4v) is 7.17. The minimum absolute atomic E-state index is 0.0634. The van der Waals surface area contributed by atoms with Gasteiger partial charge in [0, 0.05) is 43.3 Å². The molecule has 14 heteroatoms. The highest BCUT2D eigenvalue weighted by molar-refractivity contribution is 5.90. The van der Waals surface area contributed by atoms with Crippen molar-refractivity contribution in [2.75, 3.05) is 34.1 Å². The largest absolute Gasteiger partial charge is 0.550 e. The van der Waals surface area contributed by atoms with Crippen LogP contribution in [0, 0.1) is 0 Å². The maximum absolute atomic E-state index is 13.8. The molecule has 3 aliphatic heterocycles. The molecule has 264 valence electrons. The summed E-state index contributed by atoms with van der Waals surface area (Å²) < 4.78 is 28.1. The topological polar surface area (TPSA) is 203 Å². The molecule has 4 N–H and O–H groups in total. The molecular formula is C34H45NO13. The van der Waals surface area contributed by atoms with Crippen molar-refractivity contribution >= 4 is 23.9 Å². The summed E-state index contributed by atoms with van der Waals surface area (Å²) in [7, 11) is 2.77. The van der Waals surface area contributed by atoms with Crippen LogP contribution in [0.15, 0.2) is 36.1 Å². The smallest absolute Gasteiger partial charge is 0.339 e. The van der Waals surface area contributed by atoms with Crippen molar-refractivity contribution in [2.24, 2.45) is 0 Å². The maximum Gasteiger partial charge on any atom is 0.339 e. The van der Waals surface area contributed by atoms with Crippen LogP contribution in [0.3, 0.4) is 0 Å². The normalized spacial score (nSPS) is 24.6. The monoisotopic (exact) mass is 675 g/mol. The number of rotatable bonds is 12. The fourth-order valence-electron chi connectivity index (χ4n) is 7.17. The van der Waals surface area contributed by atoms with Gasteiger partial charge in [0.2, 0.25) is 6.79 Å². The third-order valence-corrected chi connectivity index (χ3v) is 9.48. The number of fused-ring (bicyclic) bond motifs is 3. The van der Waals surface area contributed by atoms with Gasteiger partial charge in [-0.3, -0.25) is 4.79 Å². The highest BCUT2D eigenvalue weighted by Crippen LogP contribution is 2.50. The van der Waals surface area contributed by atoms with Gasteiger partial charge in [-0.15, -0.1) is 0 Å². The highest BCUT2D eigenvalue weighted by Gasteiger charge is 2.62. The molecule has 0 amide bonds. The molecule has 1 spiro atoms. The molecule has 14 nitrogen and oxygen atoms in total. The van der Waals surface area contributed by atoms with Crippen LogP contribution in [0.5, 0.6) is 11.5 Å². The number of hydrogen-bond donors (Lipinski definition) is 4. The molecule has 48 heavy (non-hydrogen) atoms. The number of esters is 2. The van der Waals surface area contributed by atoms with E-state index >= 15 is 0 Å². The third kappa shape index (κ3) is 7.93. The number of aliphatic hydroxyl groups is 2. The van der Waals surface area contributed by atoms with Crippen LogP contribution in [0.25, 0.3) is 0 Å². The van der Waals surface area contributed by atoms with Crippen molar-refractivity contribution in [2.45, 2.75) is 94.0 Å². The minimum atomic E-state index is -2.11. The summed E-state index contributed by atoms with van der Waals surface area (Å²) in [5.74, 6) is -2.71. The zero-order valence-corrected chi connectivity index (χ0v) is 27.8. The van der Waals surface area contributed by atoms with E-state index in [0.717, 1.165) is 43.5 Å². The molecule has 1 fully saturated rings. The number of carbonyl (C=O) groups is 4. The summed E-state index contributed by atoms with van der Waals surface area (Å²) in [6.07, 6.45) is 3.51. The number of quaternary nitrogens is 1. The average Bonchev–Trinajstić information content (AvgIpc) is 3.69. The Morgan fingerprint density at radius 3 is 2.38 bits per heavy atom. The molecule has 0 radical (unpaired) electrons. The fraction of sp³-hybridized carbons (Fsp3) is 0.588. The van der Waals surface area contributed by atoms with Gasteiger partial charge >= 0.3 is 17.9 Å². The zero-order valence-electron chi connectivity index (χ0n) is 27.8. The Morgan fingerprint density at radius 2 is 1.79 bits per heavy atom. The van der Waals surface area contributed by atoms with Crippen molar-refractivity contribution in [1.82, 2.24) is 0 Å². The van der Waals surface area contributed by atoms with Gasteiger partial charge in [-0.1, -0.05) is 6.58 Å². The number of methoxy groups -OCH3 is 2. The number of aliphatic carboxylic acids is 2. The maximum atomic E-state index is 13.8. The van der Waals surface area contributed by atoms with Gasteiger partial charge in [-0.25, -0.2) is 9.59 Å². The first-order valence-electron chi connectivity index (χ1n) is 15.9. The number of nitrogens with one attached hydrogen (secondary N) is 1. The van der Waals surface area contributed by atoms with Crippen LogP contribution in [0.2, 0.25) is 0 Å². The lowest BCUT2D eigenvalue weighted by Gasteiger charge is -2.37. The molecule has 5 rings (SSSR count). The van der Waals surface area contributed by atoms with Gasteiger partial charge in [-0.2, -0.15) is 0 Å². The molecule has 0 bridgehead atoms. The van der Waals surface area contributed by atoms with E-state index in [2.05, 4.69) is 12.7 Å². The van der Waals surface area contributed by atoms with E-state index in [0.29, 0.717) is 30.1 Å². The number of carbonyl (C=O) groups excluding carboxylic acids is 3. The lowest BCUT2D eigenvalue weighted by Crippen LogP contribution is -3.18. The van der Waals surface area contributed by atoms with Crippen LogP contribution < -0.4 is 19.5 Å². The van der Waals surface area contributed by atoms with E-state index < -0.39 is 54.0 Å². The molecule has 4 aliphatic rings. The molecule has 0 aromatic heterocycles. The number of benzene rings is 1. The van der Waals surface area contributed by atoms with E-state index in [9.17, 15) is 34.5 Å². The Bertz CT molecular complexity index is 1460. The van der Waals surface area contributed by atoms with E-state index in [1.807, 2.05) is 12.1 Å². The molecule has 1 aliphatic carbocycles. The van der Waals surface area contributed by atoms with Gasteiger partial charge in [-0.05, 0) is 56.4 Å². The summed E-state index contributed by atoms with van der Waals surface area (Å²) in [6.45, 7) is 8.36. The summed E-state index contributed by atoms with van der Waals surface area (Å²) in [5, 5.41) is 39.4. The van der Waals surface area contributed by atoms with Crippen molar-refractivity contribution in [3.8, 4) is 11.5 Å². The third-order valence-electron chi connectivity index (χ3n) is 9.48. The van der Waals surface area contributed by atoms with Crippen molar-refractivity contribution in [3.05, 3.63) is 47.2 Å². The number of hydrogen-bond acceptors (Lipinski definition) is 12. The van der Waals surface area contributed by atoms with Crippen molar-refractivity contribution in [1.29, 1.82) is 0 Å². The lowest BCUT2D eigenvalue weighted by molar-refractivity contribution is -0.932. The summed E-state index contributed by atoms with van der Waals surface area (Å²) in [6, 6.07) is 4.03. The van der Waals surface area contributed by atoms with E-state index in [-0.39, 0.29) is 30.2 Å². The molecule has 0 saturated carbocycles. The van der Waals surface area contributed by atoms with Crippen molar-refractivity contribution < 1.29 is 68.2 Å². The van der Waals surface area contributed by atoms with Crippen LogP contribution in [-0.4, -0.2) is 96.1 Å². The summed E-state index contributed by atoms with van der Waals surface area (Å²) in [5.41, 5.74) is -1.66. The minimum Gasteiger partial charge on any atom is -0.550 e. The molecular weight excluding hydrogens is 630 g/mol. The number of carboxylic acid groups (broad SMARTS) is 2. The first-order chi connectivity index (χ1) is 22.5. The van der Waals surface area contributed by atoms with Gasteiger partial charge in [0.1, 0.15) is 11.3 Å². The van der Waals surface area contributed by atoms with Crippen LogP contribution >= 0.6 is 0 Å². The van der Waals surface area contributed by atoms with Gasteiger partial charge in [0.15, 0.2) is 23.2 Å². The molecule has 3 heterocycles. The van der Waals surface area contributed by atoms with E-state index in [1.165, 1.54) is 12.0 Å². The molecule has 5 atom stereocenters. The first kappa shape index (κ1) is 36.7. The van der Waals surface area contributed by atoms with Gasteiger partial charge in [0.05, 0.1) is 45.2 Å². The Hall–Kier alpha value is -4.14. The van der Waals surface area contributed by atoms with Gasteiger partial charge < -0.3 is 53.8 Å². The quantitative estimate of drug-likeness (QED) is 0.170. The summed E-state index contributed by atoms with van der Waals surface area (Å²) >= 11 is 0. The Labute approximate surface area is 278 Å². The van der Waals surface area contributed by atoms with Crippen LogP contribution in [-0.2, 0) is 39.8 Å². The molecule has 1 aromatic rings. The second-order valence-corrected chi connectivity index (χ2v) is 13.4. The predicted octanol–water partition coefficient (Wildman–Crippen LogP) is -0.0692. The van der Waals surface area contributed by atoms with Gasteiger partial charge in [0.25, 0.3) is 0 Å². The average molecular weight is 676 g/mol. The molecule has 1 saturated heterocycles. The van der Waals surface area contributed by atoms with E-state index in [4.69, 9.17) is 28.8 Å². The SMILES string of the molecule is C=C(CC(=O)[O-])C(=O)O.COC(=O)C[C@@](O)(CCCC(C)(C)O)C(=O)O[C@@H]1C(OC)=C[C@]23CCC[NH+]2CCc2cc4c(cc2[C@H]13)OCO4. The van der Waals surface area contributed by atoms with Crippen LogP contribution in [0.1, 0.15) is 75.8 Å². The first-order valence-corrected chi connectivity index (χ1v) is 15.9. The highest BCUT2D eigenvalue weighted by atomic mass is 16.7. The van der Waals surface area contributed by atoms with Crippen LogP contribution in [0.4, 0.5) is 0 Å². The predicted molar refractivity (Wildman–Crippen MR) is 165 cm³/mol. The lowest BCUT2D eigenvalue weighted by atomic mass is 9.77. The summed E-state index contributed by atoms with van der Waals surface area (Å²) in [4.78, 5) is 46.9. The number of carboxylic acids is 2. The Morgan fingerprint density at radius 1 is 1.10 bits per heavy atom. The van der Waals surface area contributed by atoms with E-state index in [1.54, 1.807) is 21.0 Å². The van der Waals surface area contributed by atoms with Crippen molar-refractivity contribution in [3.63, 3.8) is 0 Å².